The van der Waals surface area contributed by atoms with Crippen molar-refractivity contribution in [3.8, 4) is 17.2 Å². The minimum atomic E-state index is -3.84. The number of hydrogen-bond donors (Lipinski definition) is 1. The second-order valence-electron chi connectivity index (χ2n) is 6.69. The number of sulfonamides is 1. The zero-order valence-corrected chi connectivity index (χ0v) is 17.7. The average Bonchev–Trinajstić information content (AvgIpc) is 3.26. The molecule has 9 heteroatoms. The number of hydrogen-bond acceptors (Lipinski definition) is 6. The Labute approximate surface area is 180 Å². The van der Waals surface area contributed by atoms with E-state index in [1.165, 1.54) is 38.4 Å². The van der Waals surface area contributed by atoms with Crippen LogP contribution >= 0.6 is 0 Å². The number of fused-ring (bicyclic) bond motifs is 1. The fourth-order valence-corrected chi connectivity index (χ4v) is 4.34. The number of amides is 1. The Kier molecular flexibility index (Phi) is 5.43. The quantitative estimate of drug-likeness (QED) is 0.631. The molecule has 3 aromatic rings. The molecule has 0 aromatic heterocycles. The Bertz CT molecular complexity index is 1230. The van der Waals surface area contributed by atoms with Gasteiger partial charge in [0.2, 0.25) is 6.79 Å². The van der Waals surface area contributed by atoms with Gasteiger partial charge in [0.05, 0.1) is 17.7 Å². The largest absolute Gasteiger partial charge is 0.495 e. The van der Waals surface area contributed by atoms with Crippen molar-refractivity contribution in [1.29, 1.82) is 0 Å². The number of nitrogens with zero attached hydrogens (tertiary/aromatic N) is 1. The first kappa shape index (κ1) is 20.5. The van der Waals surface area contributed by atoms with E-state index < -0.39 is 10.0 Å². The van der Waals surface area contributed by atoms with Gasteiger partial charge in [-0.3, -0.25) is 9.10 Å². The summed E-state index contributed by atoms with van der Waals surface area (Å²) in [6, 6.07) is 17.6. The molecule has 160 valence electrons. The van der Waals surface area contributed by atoms with Gasteiger partial charge in [-0.15, -0.1) is 0 Å². The van der Waals surface area contributed by atoms with Gasteiger partial charge in [-0.05, 0) is 48.5 Å². The highest BCUT2D eigenvalue weighted by atomic mass is 32.2. The molecule has 0 atom stereocenters. The summed E-state index contributed by atoms with van der Waals surface area (Å²) < 4.78 is 43.0. The monoisotopic (exact) mass is 440 g/mol. The van der Waals surface area contributed by atoms with Crippen LogP contribution in [0.15, 0.2) is 71.6 Å². The molecule has 0 bridgehead atoms. The molecule has 1 aliphatic rings. The van der Waals surface area contributed by atoms with E-state index in [9.17, 15) is 13.2 Å². The van der Waals surface area contributed by atoms with Crippen LogP contribution in [0.3, 0.4) is 0 Å². The van der Waals surface area contributed by atoms with Crippen LogP contribution in [-0.4, -0.2) is 35.3 Å². The molecular weight excluding hydrogens is 420 g/mol. The highest BCUT2D eigenvalue weighted by Crippen LogP contribution is 2.34. The van der Waals surface area contributed by atoms with Gasteiger partial charge in [0.25, 0.3) is 15.9 Å². The van der Waals surface area contributed by atoms with Crippen LogP contribution in [0.25, 0.3) is 0 Å². The highest BCUT2D eigenvalue weighted by Gasteiger charge is 2.24. The zero-order valence-electron chi connectivity index (χ0n) is 16.9. The molecule has 0 saturated carbocycles. The van der Waals surface area contributed by atoms with Gasteiger partial charge in [-0.2, -0.15) is 0 Å². The van der Waals surface area contributed by atoms with Gasteiger partial charge in [0.15, 0.2) is 11.5 Å². The molecule has 31 heavy (non-hydrogen) atoms. The summed E-state index contributed by atoms with van der Waals surface area (Å²) in [5.41, 5.74) is 1.27. The molecule has 0 unspecified atom stereocenters. The summed E-state index contributed by atoms with van der Waals surface area (Å²) in [7, 11) is -0.911. The number of carbonyl (C=O) groups is 1. The Hall–Kier alpha value is -3.72. The SMILES string of the molecule is COc1ccccc1N(C)S(=O)(=O)c1ccc(C(=O)Nc2ccc3c(c2)OCO3)cc1. The van der Waals surface area contributed by atoms with Gasteiger partial charge in [0.1, 0.15) is 5.75 Å². The number of anilines is 2. The molecule has 3 aromatic carbocycles. The zero-order chi connectivity index (χ0) is 22.0. The Balaban J connectivity index is 1.52. The highest BCUT2D eigenvalue weighted by molar-refractivity contribution is 7.92. The lowest BCUT2D eigenvalue weighted by atomic mass is 10.2. The predicted molar refractivity (Wildman–Crippen MR) is 116 cm³/mol. The van der Waals surface area contributed by atoms with Crippen LogP contribution < -0.4 is 23.8 Å². The number of benzene rings is 3. The lowest BCUT2D eigenvalue weighted by Crippen LogP contribution is -2.27. The van der Waals surface area contributed by atoms with Crippen LogP contribution in [0.2, 0.25) is 0 Å². The third-order valence-electron chi connectivity index (χ3n) is 4.83. The van der Waals surface area contributed by atoms with Crippen LogP contribution in [0.4, 0.5) is 11.4 Å². The fraction of sp³-hybridized carbons (Fsp3) is 0.136. The normalized spacial score (nSPS) is 12.3. The second-order valence-corrected chi connectivity index (χ2v) is 8.66. The molecule has 0 radical (unpaired) electrons. The van der Waals surface area contributed by atoms with Gasteiger partial charge in [-0.1, -0.05) is 12.1 Å². The molecular formula is C22H20N2O6S. The molecule has 0 aliphatic carbocycles. The Morgan fingerprint density at radius 2 is 1.71 bits per heavy atom. The van der Waals surface area contributed by atoms with E-state index in [0.717, 1.165) is 4.31 Å². The van der Waals surface area contributed by atoms with E-state index in [1.54, 1.807) is 42.5 Å². The van der Waals surface area contributed by atoms with Crippen molar-refractivity contribution in [2.45, 2.75) is 4.90 Å². The minimum absolute atomic E-state index is 0.0561. The molecule has 1 aliphatic heterocycles. The van der Waals surface area contributed by atoms with E-state index in [-0.39, 0.29) is 17.6 Å². The van der Waals surface area contributed by atoms with Crippen molar-refractivity contribution < 1.29 is 27.4 Å². The van der Waals surface area contributed by atoms with Crippen molar-refractivity contribution in [2.24, 2.45) is 0 Å². The molecule has 1 heterocycles. The lowest BCUT2D eigenvalue weighted by molar-refractivity contribution is 0.102. The molecule has 8 nitrogen and oxygen atoms in total. The average molecular weight is 440 g/mol. The second kappa shape index (κ2) is 8.19. The van der Waals surface area contributed by atoms with Crippen molar-refractivity contribution in [3.05, 3.63) is 72.3 Å². The third kappa shape index (κ3) is 3.99. The molecule has 1 N–H and O–H groups in total. The maximum atomic E-state index is 13.0. The first-order valence-electron chi connectivity index (χ1n) is 9.33. The number of carbonyl (C=O) groups excluding carboxylic acids is 1. The van der Waals surface area contributed by atoms with Crippen LogP contribution in [0, 0.1) is 0 Å². The molecule has 0 saturated heterocycles. The summed E-state index contributed by atoms with van der Waals surface area (Å²) in [6.45, 7) is 0.145. The molecule has 4 rings (SSSR count). The summed E-state index contributed by atoms with van der Waals surface area (Å²) in [5, 5.41) is 2.76. The van der Waals surface area contributed by atoms with Gasteiger partial charge >= 0.3 is 0 Å². The van der Waals surface area contributed by atoms with Crippen molar-refractivity contribution >= 4 is 27.3 Å². The maximum Gasteiger partial charge on any atom is 0.264 e. The number of rotatable bonds is 6. The van der Waals surface area contributed by atoms with E-state index in [0.29, 0.717) is 34.2 Å². The van der Waals surface area contributed by atoms with E-state index >= 15 is 0 Å². The van der Waals surface area contributed by atoms with Crippen molar-refractivity contribution in [2.75, 3.05) is 30.6 Å². The number of para-hydroxylation sites is 2. The third-order valence-corrected chi connectivity index (χ3v) is 6.62. The first-order valence-corrected chi connectivity index (χ1v) is 10.8. The van der Waals surface area contributed by atoms with E-state index in [1.807, 2.05) is 0 Å². The molecule has 0 spiro atoms. The Morgan fingerprint density at radius 3 is 2.45 bits per heavy atom. The van der Waals surface area contributed by atoms with Gasteiger partial charge in [0, 0.05) is 24.4 Å². The number of nitrogens with one attached hydrogen (secondary N) is 1. The first-order chi connectivity index (χ1) is 14.9. The van der Waals surface area contributed by atoms with Crippen molar-refractivity contribution in [1.82, 2.24) is 0 Å². The predicted octanol–water partition coefficient (Wildman–Crippen LogP) is 3.50. The van der Waals surface area contributed by atoms with Crippen LogP contribution in [0.5, 0.6) is 17.2 Å². The standard InChI is InChI=1S/C22H20N2O6S/c1-24(18-5-3-4-6-19(18)28-2)31(26,27)17-10-7-15(8-11-17)22(25)23-16-9-12-20-21(13-16)30-14-29-20/h3-13H,14H2,1-2H3,(H,23,25). The fourth-order valence-electron chi connectivity index (χ4n) is 3.13. The van der Waals surface area contributed by atoms with Crippen LogP contribution in [-0.2, 0) is 10.0 Å². The summed E-state index contributed by atoms with van der Waals surface area (Å²) in [5.74, 6) is 1.24. The number of methoxy groups -OCH3 is 1. The van der Waals surface area contributed by atoms with Gasteiger partial charge < -0.3 is 19.5 Å². The smallest absolute Gasteiger partial charge is 0.264 e. The summed E-state index contributed by atoms with van der Waals surface area (Å²) in [6.07, 6.45) is 0. The van der Waals surface area contributed by atoms with E-state index in [4.69, 9.17) is 14.2 Å². The topological polar surface area (TPSA) is 94.2 Å². The lowest BCUT2D eigenvalue weighted by Gasteiger charge is -2.21. The Morgan fingerprint density at radius 1 is 1.00 bits per heavy atom. The van der Waals surface area contributed by atoms with Crippen LogP contribution in [0.1, 0.15) is 10.4 Å². The number of ether oxygens (including phenoxy) is 3. The van der Waals surface area contributed by atoms with E-state index in [2.05, 4.69) is 5.32 Å². The van der Waals surface area contributed by atoms with Gasteiger partial charge in [-0.25, -0.2) is 8.42 Å². The molecule has 1 amide bonds. The summed E-state index contributed by atoms with van der Waals surface area (Å²) >= 11 is 0. The minimum Gasteiger partial charge on any atom is -0.495 e. The summed E-state index contributed by atoms with van der Waals surface area (Å²) in [4.78, 5) is 12.6. The van der Waals surface area contributed by atoms with Crippen molar-refractivity contribution in [3.63, 3.8) is 0 Å². The maximum absolute atomic E-state index is 13.0. The molecule has 0 fully saturated rings.